The molecule has 1 aliphatic rings. The maximum atomic E-state index is 12.5. The van der Waals surface area contributed by atoms with Gasteiger partial charge in [-0.2, -0.15) is 0 Å². The third-order valence-electron chi connectivity index (χ3n) is 3.26. The van der Waals surface area contributed by atoms with Crippen LogP contribution in [-0.4, -0.2) is 15.2 Å². The Bertz CT molecular complexity index is 799. The van der Waals surface area contributed by atoms with Crippen molar-refractivity contribution in [3.8, 4) is 11.5 Å². The molecular formula is C15H15NO4S. The van der Waals surface area contributed by atoms with Crippen LogP contribution in [0, 0.1) is 13.8 Å². The minimum absolute atomic E-state index is 0.155. The summed E-state index contributed by atoms with van der Waals surface area (Å²) in [6.07, 6.45) is 0. The maximum Gasteiger partial charge on any atom is 0.262 e. The number of aryl methyl sites for hydroxylation is 2. The smallest absolute Gasteiger partial charge is 0.262 e. The van der Waals surface area contributed by atoms with Gasteiger partial charge in [0.1, 0.15) is 0 Å². The van der Waals surface area contributed by atoms with E-state index < -0.39 is 10.0 Å². The second-order valence-corrected chi connectivity index (χ2v) is 6.59. The van der Waals surface area contributed by atoms with Crippen molar-refractivity contribution in [2.45, 2.75) is 18.7 Å². The summed E-state index contributed by atoms with van der Waals surface area (Å²) in [6.45, 7) is 3.79. The highest BCUT2D eigenvalue weighted by Gasteiger charge is 2.19. The van der Waals surface area contributed by atoms with Crippen LogP contribution in [0.15, 0.2) is 41.3 Å². The minimum Gasteiger partial charge on any atom is -0.454 e. The van der Waals surface area contributed by atoms with E-state index in [1.54, 1.807) is 37.3 Å². The van der Waals surface area contributed by atoms with Gasteiger partial charge >= 0.3 is 0 Å². The number of hydrogen-bond acceptors (Lipinski definition) is 4. The van der Waals surface area contributed by atoms with Gasteiger partial charge in [0.2, 0.25) is 6.79 Å². The van der Waals surface area contributed by atoms with Crippen LogP contribution in [0.4, 0.5) is 5.69 Å². The van der Waals surface area contributed by atoms with Gasteiger partial charge in [0.25, 0.3) is 10.0 Å². The topological polar surface area (TPSA) is 64.6 Å². The molecule has 1 N–H and O–H groups in total. The zero-order valence-corrected chi connectivity index (χ0v) is 12.5. The quantitative estimate of drug-likeness (QED) is 0.947. The molecule has 110 valence electrons. The van der Waals surface area contributed by atoms with E-state index in [9.17, 15) is 8.42 Å². The summed E-state index contributed by atoms with van der Waals surface area (Å²) in [5.41, 5.74) is 2.04. The highest BCUT2D eigenvalue weighted by Crippen LogP contribution is 2.35. The number of sulfonamides is 1. The molecule has 6 heteroatoms. The van der Waals surface area contributed by atoms with E-state index in [0.717, 1.165) is 5.56 Å². The first kappa shape index (κ1) is 13.8. The van der Waals surface area contributed by atoms with Crippen LogP contribution in [0.25, 0.3) is 0 Å². The second kappa shape index (κ2) is 4.96. The van der Waals surface area contributed by atoms with Crippen molar-refractivity contribution in [2.24, 2.45) is 0 Å². The van der Waals surface area contributed by atoms with Crippen LogP contribution >= 0.6 is 0 Å². The highest BCUT2D eigenvalue weighted by molar-refractivity contribution is 7.92. The number of nitrogens with one attached hydrogen (secondary N) is 1. The van der Waals surface area contributed by atoms with Crippen molar-refractivity contribution < 1.29 is 17.9 Å². The van der Waals surface area contributed by atoms with Crippen molar-refractivity contribution >= 4 is 15.7 Å². The Balaban J connectivity index is 1.94. The fraction of sp³-hybridized carbons (Fsp3) is 0.200. The van der Waals surface area contributed by atoms with E-state index in [1.807, 2.05) is 13.0 Å². The van der Waals surface area contributed by atoms with E-state index in [-0.39, 0.29) is 11.7 Å². The monoisotopic (exact) mass is 305 g/mol. The van der Waals surface area contributed by atoms with Gasteiger partial charge in [0.05, 0.1) is 10.6 Å². The lowest BCUT2D eigenvalue weighted by Crippen LogP contribution is -2.14. The van der Waals surface area contributed by atoms with Gasteiger partial charge in [-0.05, 0) is 43.2 Å². The largest absolute Gasteiger partial charge is 0.454 e. The Kier molecular flexibility index (Phi) is 3.25. The normalized spacial score (nSPS) is 13.2. The maximum absolute atomic E-state index is 12.5. The number of rotatable bonds is 3. The van der Waals surface area contributed by atoms with Crippen molar-refractivity contribution in [1.29, 1.82) is 0 Å². The molecule has 0 spiro atoms. The molecule has 0 amide bonds. The molecule has 0 aliphatic carbocycles. The van der Waals surface area contributed by atoms with Crippen LogP contribution in [0.2, 0.25) is 0 Å². The summed E-state index contributed by atoms with van der Waals surface area (Å²) in [7, 11) is -3.63. The second-order valence-electron chi connectivity index (χ2n) is 4.94. The molecule has 3 rings (SSSR count). The third-order valence-corrected chi connectivity index (χ3v) is 4.78. The first-order valence-electron chi connectivity index (χ1n) is 6.45. The van der Waals surface area contributed by atoms with Crippen LogP contribution in [0.3, 0.4) is 0 Å². The zero-order valence-electron chi connectivity index (χ0n) is 11.7. The van der Waals surface area contributed by atoms with Crippen molar-refractivity contribution in [3.63, 3.8) is 0 Å². The standard InChI is InChI=1S/C15H15NO4S/c1-10-3-4-11(2)15(7-10)21(17,18)16-12-5-6-13-14(8-12)20-9-19-13/h3-8,16H,9H2,1-2H3. The Morgan fingerprint density at radius 2 is 1.76 bits per heavy atom. The zero-order chi connectivity index (χ0) is 15.0. The van der Waals surface area contributed by atoms with Crippen LogP contribution < -0.4 is 14.2 Å². The molecule has 0 saturated heterocycles. The Morgan fingerprint density at radius 1 is 1.00 bits per heavy atom. The third kappa shape index (κ3) is 2.67. The highest BCUT2D eigenvalue weighted by atomic mass is 32.2. The summed E-state index contributed by atoms with van der Waals surface area (Å²) in [5.74, 6) is 1.15. The van der Waals surface area contributed by atoms with Gasteiger partial charge in [-0.1, -0.05) is 12.1 Å². The van der Waals surface area contributed by atoms with Gasteiger partial charge in [0.15, 0.2) is 11.5 Å². The van der Waals surface area contributed by atoms with Crippen LogP contribution in [0.5, 0.6) is 11.5 Å². The molecule has 0 saturated carbocycles. The molecule has 0 radical (unpaired) electrons. The predicted octanol–water partition coefficient (Wildman–Crippen LogP) is 2.83. The predicted molar refractivity (Wildman–Crippen MR) is 79.3 cm³/mol. The van der Waals surface area contributed by atoms with E-state index in [2.05, 4.69) is 4.72 Å². The van der Waals surface area contributed by atoms with Gasteiger partial charge in [-0.15, -0.1) is 0 Å². The molecule has 0 unspecified atom stereocenters. The van der Waals surface area contributed by atoms with E-state index in [1.165, 1.54) is 0 Å². The molecule has 1 heterocycles. The van der Waals surface area contributed by atoms with Gasteiger partial charge in [0, 0.05) is 6.07 Å². The average Bonchev–Trinajstić information content (AvgIpc) is 2.88. The average molecular weight is 305 g/mol. The first-order valence-corrected chi connectivity index (χ1v) is 7.94. The molecule has 2 aromatic carbocycles. The van der Waals surface area contributed by atoms with E-state index in [4.69, 9.17) is 9.47 Å². The summed E-state index contributed by atoms with van der Waals surface area (Å²) in [5, 5.41) is 0. The number of ether oxygens (including phenoxy) is 2. The van der Waals surface area contributed by atoms with Gasteiger partial charge in [-0.25, -0.2) is 8.42 Å². The Morgan fingerprint density at radius 3 is 2.57 bits per heavy atom. The molecule has 1 aliphatic heterocycles. The van der Waals surface area contributed by atoms with Crippen LogP contribution in [0.1, 0.15) is 11.1 Å². The fourth-order valence-electron chi connectivity index (χ4n) is 2.17. The molecular weight excluding hydrogens is 290 g/mol. The lowest BCUT2D eigenvalue weighted by atomic mass is 10.2. The van der Waals surface area contributed by atoms with E-state index >= 15 is 0 Å². The number of benzene rings is 2. The number of hydrogen-bond donors (Lipinski definition) is 1. The van der Waals surface area contributed by atoms with E-state index in [0.29, 0.717) is 22.7 Å². The molecule has 0 fully saturated rings. The minimum atomic E-state index is -3.63. The lowest BCUT2D eigenvalue weighted by molar-refractivity contribution is 0.174. The van der Waals surface area contributed by atoms with Crippen molar-refractivity contribution in [3.05, 3.63) is 47.5 Å². The summed E-state index contributed by atoms with van der Waals surface area (Å²) < 4.78 is 38.0. The summed E-state index contributed by atoms with van der Waals surface area (Å²) in [6, 6.07) is 10.3. The fourth-order valence-corrected chi connectivity index (χ4v) is 3.55. The molecule has 21 heavy (non-hydrogen) atoms. The molecule has 5 nitrogen and oxygen atoms in total. The van der Waals surface area contributed by atoms with Gasteiger partial charge < -0.3 is 9.47 Å². The van der Waals surface area contributed by atoms with Gasteiger partial charge in [-0.3, -0.25) is 4.72 Å². The number of fused-ring (bicyclic) bond motifs is 1. The first-order chi connectivity index (χ1) is 9.95. The summed E-state index contributed by atoms with van der Waals surface area (Å²) >= 11 is 0. The SMILES string of the molecule is Cc1ccc(C)c(S(=O)(=O)Nc2ccc3c(c2)OCO3)c1. The molecule has 2 aromatic rings. The van der Waals surface area contributed by atoms with Crippen molar-refractivity contribution in [2.75, 3.05) is 11.5 Å². The Hall–Kier alpha value is -2.21. The summed E-state index contributed by atoms with van der Waals surface area (Å²) in [4.78, 5) is 0.278. The molecule has 0 aromatic heterocycles. The van der Waals surface area contributed by atoms with Crippen molar-refractivity contribution in [1.82, 2.24) is 0 Å². The molecule has 0 atom stereocenters. The molecule has 0 bridgehead atoms. The Labute approximate surface area is 123 Å². The number of anilines is 1. The van der Waals surface area contributed by atoms with Crippen LogP contribution in [-0.2, 0) is 10.0 Å². The lowest BCUT2D eigenvalue weighted by Gasteiger charge is -2.11.